The average Bonchev–Trinajstić information content (AvgIpc) is 2.95. The summed E-state index contributed by atoms with van der Waals surface area (Å²) >= 11 is 13.4. The Kier molecular flexibility index (Phi) is 8.37. The number of nitro groups is 1. The Morgan fingerprint density at radius 1 is 0.951 bits per heavy atom. The summed E-state index contributed by atoms with van der Waals surface area (Å²) in [6.45, 7) is 0.167. The van der Waals surface area contributed by atoms with Crippen molar-refractivity contribution >= 4 is 68.2 Å². The van der Waals surface area contributed by atoms with Gasteiger partial charge in [0, 0.05) is 26.6 Å². The number of amides is 1. The molecule has 4 aromatic rings. The number of hydrogen-bond donors (Lipinski definition) is 1. The van der Waals surface area contributed by atoms with E-state index in [2.05, 4.69) is 5.32 Å². The molecule has 5 rings (SSSR count). The van der Waals surface area contributed by atoms with Gasteiger partial charge in [0.05, 0.1) is 26.2 Å². The first-order chi connectivity index (χ1) is 19.6. The number of carbonyl (C=O) groups excluding carboxylic acids is 1. The van der Waals surface area contributed by atoms with Crippen molar-refractivity contribution in [1.82, 2.24) is 0 Å². The molecule has 1 amide bonds. The third kappa shape index (κ3) is 6.57. The van der Waals surface area contributed by atoms with Crippen LogP contribution in [0.25, 0.3) is 6.08 Å². The van der Waals surface area contributed by atoms with Crippen LogP contribution in [0.1, 0.15) is 16.7 Å². The van der Waals surface area contributed by atoms with Crippen LogP contribution < -0.4 is 10.1 Å². The molecule has 0 bridgehead atoms. The summed E-state index contributed by atoms with van der Waals surface area (Å²) in [7, 11) is -3.83. The van der Waals surface area contributed by atoms with Crippen LogP contribution in [0.15, 0.2) is 99.6 Å². The molecule has 1 N–H and O–H groups in total. The topological polar surface area (TPSA) is 116 Å². The van der Waals surface area contributed by atoms with Gasteiger partial charge in [-0.1, -0.05) is 77.4 Å². The molecule has 0 aliphatic carbocycles. The number of carbonyl (C=O) groups is 1. The molecule has 0 saturated heterocycles. The highest BCUT2D eigenvalue weighted by Gasteiger charge is 2.26. The van der Waals surface area contributed by atoms with Crippen molar-refractivity contribution in [3.05, 3.63) is 127 Å². The summed E-state index contributed by atoms with van der Waals surface area (Å²) in [6.07, 6.45) is 1.53. The van der Waals surface area contributed by atoms with Crippen molar-refractivity contribution in [1.29, 1.82) is 0 Å². The van der Waals surface area contributed by atoms with Gasteiger partial charge in [0.15, 0.2) is 15.6 Å². The highest BCUT2D eigenvalue weighted by Crippen LogP contribution is 2.41. The maximum Gasteiger partial charge on any atom is 0.311 e. The standard InChI is InChI=1S/C29H20Cl2N2O6S2/c30-22-7-4-8-23(31)21(22)17-41(37,38)20-10-12-27-24(15-20)32-29(34)28(40-27)14-19-9-11-26(25(13-19)33(35)36)39-16-18-5-2-1-3-6-18/h1-15H,16-17H2,(H,32,34)/b28-14-. The van der Waals surface area contributed by atoms with Gasteiger partial charge in [-0.15, -0.1) is 0 Å². The van der Waals surface area contributed by atoms with E-state index in [9.17, 15) is 23.3 Å². The van der Waals surface area contributed by atoms with Crippen molar-refractivity contribution in [2.45, 2.75) is 22.2 Å². The molecule has 41 heavy (non-hydrogen) atoms. The lowest BCUT2D eigenvalue weighted by Crippen LogP contribution is -2.18. The van der Waals surface area contributed by atoms with E-state index in [1.54, 1.807) is 30.3 Å². The van der Waals surface area contributed by atoms with E-state index in [-0.39, 0.29) is 37.9 Å². The van der Waals surface area contributed by atoms with Crippen LogP contribution in [0.5, 0.6) is 5.75 Å². The Morgan fingerprint density at radius 2 is 1.68 bits per heavy atom. The van der Waals surface area contributed by atoms with E-state index in [0.717, 1.165) is 17.3 Å². The second-order valence-electron chi connectivity index (χ2n) is 8.94. The van der Waals surface area contributed by atoms with Crippen LogP contribution >= 0.6 is 35.0 Å². The van der Waals surface area contributed by atoms with Crippen LogP contribution in [0.2, 0.25) is 10.0 Å². The van der Waals surface area contributed by atoms with Crippen LogP contribution in [-0.2, 0) is 27.0 Å². The number of thioether (sulfide) groups is 1. The molecule has 0 spiro atoms. The molecule has 0 atom stereocenters. The highest BCUT2D eigenvalue weighted by molar-refractivity contribution is 8.04. The molecule has 12 heteroatoms. The lowest BCUT2D eigenvalue weighted by Gasteiger charge is -2.19. The van der Waals surface area contributed by atoms with E-state index in [1.165, 1.54) is 30.3 Å². The third-order valence-electron chi connectivity index (χ3n) is 6.11. The number of nitrogens with one attached hydrogen (secondary N) is 1. The van der Waals surface area contributed by atoms with E-state index in [0.29, 0.717) is 21.7 Å². The second-order valence-corrected chi connectivity index (χ2v) is 12.8. The van der Waals surface area contributed by atoms with Crippen molar-refractivity contribution < 1.29 is 22.9 Å². The first-order valence-electron chi connectivity index (χ1n) is 12.1. The third-order valence-corrected chi connectivity index (χ3v) is 9.56. The minimum absolute atomic E-state index is 0.00211. The molecule has 1 aliphatic rings. The molecule has 208 valence electrons. The molecular weight excluding hydrogens is 607 g/mol. The van der Waals surface area contributed by atoms with E-state index in [4.69, 9.17) is 27.9 Å². The number of rotatable bonds is 8. The van der Waals surface area contributed by atoms with Crippen molar-refractivity contribution in [3.63, 3.8) is 0 Å². The predicted molar refractivity (Wildman–Crippen MR) is 160 cm³/mol. The minimum atomic E-state index is -3.83. The van der Waals surface area contributed by atoms with Gasteiger partial charge in [0.1, 0.15) is 6.61 Å². The summed E-state index contributed by atoms with van der Waals surface area (Å²) in [5, 5.41) is 14.9. The zero-order chi connectivity index (χ0) is 29.1. The Bertz CT molecular complexity index is 1790. The van der Waals surface area contributed by atoms with Gasteiger partial charge in [-0.3, -0.25) is 14.9 Å². The molecule has 8 nitrogen and oxygen atoms in total. The van der Waals surface area contributed by atoms with Gasteiger partial charge in [-0.2, -0.15) is 0 Å². The van der Waals surface area contributed by atoms with Crippen molar-refractivity contribution in [3.8, 4) is 5.75 Å². The number of anilines is 1. The number of nitro benzene ring substituents is 1. The highest BCUT2D eigenvalue weighted by atomic mass is 35.5. The molecule has 0 aromatic heterocycles. The fourth-order valence-corrected chi connectivity index (χ4v) is 7.10. The summed E-state index contributed by atoms with van der Waals surface area (Å²) in [5.41, 5.74) is 1.69. The second kappa shape index (κ2) is 12.0. The summed E-state index contributed by atoms with van der Waals surface area (Å²) in [5.74, 6) is -0.766. The van der Waals surface area contributed by atoms with Crippen LogP contribution in [0.3, 0.4) is 0 Å². The maximum absolute atomic E-state index is 13.1. The lowest BCUT2D eigenvalue weighted by atomic mass is 10.1. The van der Waals surface area contributed by atoms with E-state index < -0.39 is 26.4 Å². The molecule has 1 aliphatic heterocycles. The predicted octanol–water partition coefficient (Wildman–Crippen LogP) is 7.54. The number of sulfone groups is 1. The number of fused-ring (bicyclic) bond motifs is 1. The maximum atomic E-state index is 13.1. The van der Waals surface area contributed by atoms with Gasteiger partial charge >= 0.3 is 5.69 Å². The number of ether oxygens (including phenoxy) is 1. The minimum Gasteiger partial charge on any atom is -0.482 e. The zero-order valence-electron chi connectivity index (χ0n) is 21.0. The van der Waals surface area contributed by atoms with Crippen LogP contribution in [-0.4, -0.2) is 19.2 Å². The quantitative estimate of drug-likeness (QED) is 0.122. The van der Waals surface area contributed by atoms with E-state index in [1.807, 2.05) is 30.3 Å². The summed E-state index contributed by atoms with van der Waals surface area (Å²) in [4.78, 5) is 25.0. The number of nitrogens with zero attached hydrogens (tertiary/aromatic N) is 1. The Morgan fingerprint density at radius 3 is 2.39 bits per heavy atom. The number of benzene rings is 4. The molecule has 0 radical (unpaired) electrons. The normalized spacial score (nSPS) is 13.9. The fraction of sp³-hybridized carbons (Fsp3) is 0.0690. The smallest absolute Gasteiger partial charge is 0.311 e. The monoisotopic (exact) mass is 626 g/mol. The molecule has 4 aromatic carbocycles. The van der Waals surface area contributed by atoms with Gasteiger partial charge in [-0.05, 0) is 53.6 Å². The summed E-state index contributed by atoms with van der Waals surface area (Å²) in [6, 6.07) is 22.9. The molecule has 0 saturated carbocycles. The Balaban J connectivity index is 1.36. The van der Waals surface area contributed by atoms with Crippen LogP contribution in [0, 0.1) is 10.1 Å². The molecule has 0 fully saturated rings. The Hall–Kier alpha value is -3.83. The SMILES string of the molecule is O=C1Nc2cc(S(=O)(=O)Cc3c(Cl)cccc3Cl)ccc2S/C1=C\c1ccc(OCc2ccccc2)c([N+](=O)[O-])c1. The molecule has 1 heterocycles. The lowest BCUT2D eigenvalue weighted by molar-refractivity contribution is -0.386. The molecular formula is C29H20Cl2N2O6S2. The fourth-order valence-electron chi connectivity index (χ4n) is 4.05. The average molecular weight is 628 g/mol. The van der Waals surface area contributed by atoms with E-state index >= 15 is 0 Å². The molecule has 0 unspecified atom stereocenters. The van der Waals surface area contributed by atoms with Crippen molar-refractivity contribution in [2.75, 3.05) is 5.32 Å². The largest absolute Gasteiger partial charge is 0.482 e. The van der Waals surface area contributed by atoms with Crippen LogP contribution in [0.4, 0.5) is 11.4 Å². The van der Waals surface area contributed by atoms with Gasteiger partial charge in [-0.25, -0.2) is 8.42 Å². The number of hydrogen-bond acceptors (Lipinski definition) is 7. The van der Waals surface area contributed by atoms with Gasteiger partial charge in [0.25, 0.3) is 5.91 Å². The number of halogens is 2. The van der Waals surface area contributed by atoms with Gasteiger partial charge in [0.2, 0.25) is 0 Å². The van der Waals surface area contributed by atoms with Gasteiger partial charge < -0.3 is 10.1 Å². The first-order valence-corrected chi connectivity index (χ1v) is 15.3. The first kappa shape index (κ1) is 28.7. The van der Waals surface area contributed by atoms with Crippen molar-refractivity contribution in [2.24, 2.45) is 0 Å². The summed E-state index contributed by atoms with van der Waals surface area (Å²) < 4.78 is 31.9. The zero-order valence-corrected chi connectivity index (χ0v) is 24.2. The Labute approximate surface area is 250 Å².